The van der Waals surface area contributed by atoms with Crippen LogP contribution in [0, 0.1) is 0 Å². The number of nitrogens with one attached hydrogen (secondary N) is 1. The zero-order valence-corrected chi connectivity index (χ0v) is 20.0. The van der Waals surface area contributed by atoms with Crippen LogP contribution in [-0.2, 0) is 14.9 Å². The lowest BCUT2D eigenvalue weighted by Crippen LogP contribution is -2.50. The molecule has 0 aromatic heterocycles. The molecule has 0 aliphatic heterocycles. The Bertz CT molecular complexity index is 618. The summed E-state index contributed by atoms with van der Waals surface area (Å²) in [6.45, 7) is 4.27. The molecule has 0 aliphatic rings. The Morgan fingerprint density at radius 3 is 1.97 bits per heavy atom. The third kappa shape index (κ3) is 18.1. The molecular weight excluding hydrogens is 418 g/mol. The molecule has 0 fully saturated rings. The van der Waals surface area contributed by atoms with E-state index in [4.69, 9.17) is 4.55 Å². The summed E-state index contributed by atoms with van der Waals surface area (Å²) in [6, 6.07) is -1.24. The molecule has 0 bridgehead atoms. The monoisotopic (exact) mass is 461 g/mol. The van der Waals surface area contributed by atoms with Gasteiger partial charge in [0.25, 0.3) is 10.1 Å². The van der Waals surface area contributed by atoms with Crippen molar-refractivity contribution in [3.05, 3.63) is 24.3 Å². The summed E-state index contributed by atoms with van der Waals surface area (Å²) in [4.78, 5) is 12.2. The van der Waals surface area contributed by atoms with Crippen molar-refractivity contribution >= 4 is 16.0 Å². The lowest BCUT2D eigenvalue weighted by molar-refractivity contribution is -0.130. The number of rotatable bonds is 19. The highest BCUT2D eigenvalue weighted by atomic mass is 32.2. The van der Waals surface area contributed by atoms with Crippen molar-refractivity contribution in [3.63, 3.8) is 0 Å². The maximum absolute atomic E-state index is 12.2. The van der Waals surface area contributed by atoms with E-state index in [9.17, 15) is 23.4 Å². The van der Waals surface area contributed by atoms with E-state index in [0.717, 1.165) is 44.9 Å². The fraction of sp³-hybridized carbons (Fsp3) is 0.783. The Morgan fingerprint density at radius 1 is 0.871 bits per heavy atom. The quantitative estimate of drug-likeness (QED) is 0.131. The first-order valence-electron chi connectivity index (χ1n) is 11.6. The number of hydrogen-bond donors (Lipinski definition) is 4. The molecule has 1 amide bonds. The van der Waals surface area contributed by atoms with E-state index >= 15 is 0 Å². The van der Waals surface area contributed by atoms with Gasteiger partial charge in [-0.05, 0) is 38.5 Å². The molecule has 0 heterocycles. The fourth-order valence-corrected chi connectivity index (χ4v) is 3.83. The molecule has 0 aromatic rings. The third-order valence-corrected chi connectivity index (χ3v) is 5.77. The standard InChI is InChI=1S/C23H43NO6S/c1-3-5-7-9-11-12-14-16-18-22(26)23(27)24-20(19-31(28,29)30)21(25)17-15-13-10-8-6-4-2/h12,14-15,17,20-22,25-26H,3-11,13,16,18-19H2,1-2H3,(H,24,27)(H,28,29,30)/b14-12-,17-15+. The molecule has 4 N–H and O–H groups in total. The minimum atomic E-state index is -4.42. The summed E-state index contributed by atoms with van der Waals surface area (Å²) in [7, 11) is -4.42. The first-order chi connectivity index (χ1) is 14.7. The van der Waals surface area contributed by atoms with Crippen LogP contribution in [0.15, 0.2) is 24.3 Å². The number of hydrogen-bond acceptors (Lipinski definition) is 5. The van der Waals surface area contributed by atoms with E-state index in [2.05, 4.69) is 19.2 Å². The second kappa shape index (κ2) is 18.4. The minimum absolute atomic E-state index is 0.194. The predicted molar refractivity (Wildman–Crippen MR) is 125 cm³/mol. The Hall–Kier alpha value is -1.22. The summed E-state index contributed by atoms with van der Waals surface area (Å²) < 4.78 is 31.7. The van der Waals surface area contributed by atoms with Crippen molar-refractivity contribution < 1.29 is 28.0 Å². The Morgan fingerprint density at radius 2 is 1.42 bits per heavy atom. The van der Waals surface area contributed by atoms with E-state index < -0.39 is 40.0 Å². The van der Waals surface area contributed by atoms with Gasteiger partial charge in [-0.25, -0.2) is 0 Å². The van der Waals surface area contributed by atoms with Crippen LogP contribution in [0.5, 0.6) is 0 Å². The van der Waals surface area contributed by atoms with Gasteiger partial charge >= 0.3 is 0 Å². The van der Waals surface area contributed by atoms with Crippen LogP contribution < -0.4 is 5.32 Å². The highest BCUT2D eigenvalue weighted by Gasteiger charge is 2.27. The molecule has 3 atom stereocenters. The van der Waals surface area contributed by atoms with Gasteiger partial charge in [0.05, 0.1) is 17.9 Å². The zero-order chi connectivity index (χ0) is 23.5. The van der Waals surface area contributed by atoms with Crippen LogP contribution in [0.3, 0.4) is 0 Å². The summed E-state index contributed by atoms with van der Waals surface area (Å²) in [5.74, 6) is -1.59. The van der Waals surface area contributed by atoms with E-state index in [1.807, 2.05) is 12.2 Å². The van der Waals surface area contributed by atoms with Crippen LogP contribution in [-0.4, -0.2) is 53.1 Å². The van der Waals surface area contributed by atoms with Crippen LogP contribution in [0.4, 0.5) is 0 Å². The molecular formula is C23H43NO6S. The second-order valence-electron chi connectivity index (χ2n) is 8.05. The van der Waals surface area contributed by atoms with Gasteiger partial charge in [-0.15, -0.1) is 0 Å². The molecule has 7 nitrogen and oxygen atoms in total. The van der Waals surface area contributed by atoms with Gasteiger partial charge in [0, 0.05) is 0 Å². The van der Waals surface area contributed by atoms with E-state index in [1.165, 1.54) is 25.3 Å². The van der Waals surface area contributed by atoms with Gasteiger partial charge in [0.15, 0.2) is 0 Å². The largest absolute Gasteiger partial charge is 0.387 e. The average Bonchev–Trinajstić information content (AvgIpc) is 2.70. The van der Waals surface area contributed by atoms with Crippen LogP contribution >= 0.6 is 0 Å². The van der Waals surface area contributed by atoms with E-state index in [0.29, 0.717) is 6.42 Å². The molecule has 0 aromatic carbocycles. The number of carbonyl (C=O) groups is 1. The molecule has 0 spiro atoms. The van der Waals surface area contributed by atoms with Gasteiger partial charge in [0.2, 0.25) is 5.91 Å². The van der Waals surface area contributed by atoms with Gasteiger partial charge in [0.1, 0.15) is 6.10 Å². The number of allylic oxidation sites excluding steroid dienone is 3. The number of carbonyl (C=O) groups excluding carboxylic acids is 1. The minimum Gasteiger partial charge on any atom is -0.387 e. The first kappa shape index (κ1) is 29.8. The van der Waals surface area contributed by atoms with Gasteiger partial charge in [-0.2, -0.15) is 8.42 Å². The van der Waals surface area contributed by atoms with Gasteiger partial charge in [-0.1, -0.05) is 76.7 Å². The number of amides is 1. The maximum Gasteiger partial charge on any atom is 0.267 e. The van der Waals surface area contributed by atoms with Crippen molar-refractivity contribution in [1.82, 2.24) is 5.32 Å². The fourth-order valence-electron chi connectivity index (χ4n) is 3.10. The highest BCUT2D eigenvalue weighted by Crippen LogP contribution is 2.08. The molecule has 31 heavy (non-hydrogen) atoms. The second-order valence-corrected chi connectivity index (χ2v) is 9.54. The molecule has 8 heteroatoms. The molecule has 0 rings (SSSR count). The number of unbranched alkanes of at least 4 members (excludes halogenated alkanes) is 8. The van der Waals surface area contributed by atoms with Gasteiger partial charge in [-0.3, -0.25) is 9.35 Å². The third-order valence-electron chi connectivity index (χ3n) is 4.99. The molecule has 0 aliphatic carbocycles. The van der Waals surface area contributed by atoms with Crippen molar-refractivity contribution in [2.45, 2.75) is 109 Å². The number of aliphatic hydroxyl groups is 2. The average molecular weight is 462 g/mol. The Kier molecular flexibility index (Phi) is 17.6. The Labute approximate surface area is 188 Å². The normalized spacial score (nSPS) is 15.4. The van der Waals surface area contributed by atoms with Crippen molar-refractivity contribution in [2.24, 2.45) is 0 Å². The smallest absolute Gasteiger partial charge is 0.267 e. The molecule has 0 saturated carbocycles. The predicted octanol–water partition coefficient (Wildman–Crippen LogP) is 3.91. The Balaban J connectivity index is 4.54. The zero-order valence-electron chi connectivity index (χ0n) is 19.2. The van der Waals surface area contributed by atoms with E-state index in [-0.39, 0.29) is 6.42 Å². The lowest BCUT2D eigenvalue weighted by Gasteiger charge is -2.22. The lowest BCUT2D eigenvalue weighted by atomic mass is 10.1. The summed E-state index contributed by atoms with van der Waals surface area (Å²) >= 11 is 0. The SMILES string of the molecule is CCCCCC/C=C\CCC(O)C(=O)NC(CS(=O)(=O)O)C(O)/C=C/CCCCCC. The summed E-state index contributed by atoms with van der Waals surface area (Å²) in [5, 5.41) is 22.7. The molecule has 0 saturated heterocycles. The molecule has 0 radical (unpaired) electrons. The first-order valence-corrected chi connectivity index (χ1v) is 13.3. The van der Waals surface area contributed by atoms with E-state index in [1.54, 1.807) is 6.08 Å². The number of aliphatic hydroxyl groups excluding tert-OH is 2. The van der Waals surface area contributed by atoms with Crippen LogP contribution in [0.1, 0.15) is 90.9 Å². The van der Waals surface area contributed by atoms with Gasteiger partial charge < -0.3 is 15.5 Å². The maximum atomic E-state index is 12.2. The highest BCUT2D eigenvalue weighted by molar-refractivity contribution is 7.85. The van der Waals surface area contributed by atoms with Crippen molar-refractivity contribution in [3.8, 4) is 0 Å². The van der Waals surface area contributed by atoms with Crippen molar-refractivity contribution in [1.29, 1.82) is 0 Å². The molecule has 182 valence electrons. The van der Waals surface area contributed by atoms with Crippen molar-refractivity contribution in [2.75, 3.05) is 5.75 Å². The summed E-state index contributed by atoms with van der Waals surface area (Å²) in [5.41, 5.74) is 0. The summed E-state index contributed by atoms with van der Waals surface area (Å²) in [6.07, 6.45) is 15.9. The van der Waals surface area contributed by atoms with Crippen LogP contribution in [0.2, 0.25) is 0 Å². The topological polar surface area (TPSA) is 124 Å². The molecule has 3 unspecified atom stereocenters. The van der Waals surface area contributed by atoms with Crippen LogP contribution in [0.25, 0.3) is 0 Å².